The van der Waals surface area contributed by atoms with Gasteiger partial charge in [0.1, 0.15) is 5.82 Å². The highest BCUT2D eigenvalue weighted by Gasteiger charge is 2.23. The summed E-state index contributed by atoms with van der Waals surface area (Å²) in [6, 6.07) is 5.15. The maximum Gasteiger partial charge on any atom is 0.319 e. The predicted molar refractivity (Wildman–Crippen MR) is 86.7 cm³/mol. The molecule has 4 amide bonds. The lowest BCUT2D eigenvalue weighted by atomic mass is 10.1. The van der Waals surface area contributed by atoms with Crippen LogP contribution in [0.1, 0.15) is 12.8 Å². The first-order valence-corrected chi connectivity index (χ1v) is 7.55. The minimum absolute atomic E-state index is 0.0129. The molecule has 0 bridgehead atoms. The Bertz CT molecular complexity index is 554. The van der Waals surface area contributed by atoms with Gasteiger partial charge >= 0.3 is 12.1 Å². The minimum Gasteiger partial charge on any atom is -0.335 e. The van der Waals surface area contributed by atoms with Gasteiger partial charge in [0.15, 0.2) is 0 Å². The van der Waals surface area contributed by atoms with Crippen LogP contribution in [0.25, 0.3) is 0 Å². The molecular weight excluding hydrogens is 299 g/mol. The number of benzene rings is 1. The number of hydrogen-bond acceptors (Lipinski definition) is 2. The molecule has 23 heavy (non-hydrogen) atoms. The largest absolute Gasteiger partial charge is 0.335 e. The van der Waals surface area contributed by atoms with Crippen molar-refractivity contribution in [2.24, 2.45) is 0 Å². The topological polar surface area (TPSA) is 73.5 Å². The number of likely N-dealkylation sites (tertiary alicyclic amines) is 1. The summed E-state index contributed by atoms with van der Waals surface area (Å²) in [5, 5.41) is 8.26. The molecular formula is C16H21FN4O2. The zero-order chi connectivity index (χ0) is 16.7. The van der Waals surface area contributed by atoms with Gasteiger partial charge in [0.25, 0.3) is 0 Å². The number of carbonyl (C=O) groups excluding carboxylic acids is 2. The molecule has 6 nitrogen and oxygen atoms in total. The number of halogens is 1. The highest BCUT2D eigenvalue weighted by molar-refractivity contribution is 5.89. The number of piperidine rings is 1. The lowest BCUT2D eigenvalue weighted by Crippen LogP contribution is -2.50. The number of rotatable bonds is 4. The van der Waals surface area contributed by atoms with Crippen LogP contribution in [0.5, 0.6) is 0 Å². The number of urea groups is 2. The van der Waals surface area contributed by atoms with Gasteiger partial charge in [0.05, 0.1) is 0 Å². The van der Waals surface area contributed by atoms with E-state index in [1.807, 2.05) is 0 Å². The molecule has 0 aliphatic carbocycles. The quantitative estimate of drug-likeness (QED) is 0.745. The third kappa shape index (κ3) is 5.28. The fourth-order valence-corrected chi connectivity index (χ4v) is 2.38. The van der Waals surface area contributed by atoms with Crippen LogP contribution in [0.3, 0.4) is 0 Å². The Kier molecular flexibility index (Phi) is 5.96. The number of nitrogens with one attached hydrogen (secondary N) is 3. The van der Waals surface area contributed by atoms with Gasteiger partial charge in [0, 0.05) is 31.4 Å². The van der Waals surface area contributed by atoms with Crippen LogP contribution >= 0.6 is 0 Å². The van der Waals surface area contributed by atoms with Gasteiger partial charge in [-0.25, -0.2) is 14.0 Å². The molecule has 7 heteroatoms. The van der Waals surface area contributed by atoms with E-state index in [1.54, 1.807) is 11.0 Å². The second kappa shape index (κ2) is 8.17. The second-order valence-electron chi connectivity index (χ2n) is 5.34. The van der Waals surface area contributed by atoms with Crippen LogP contribution in [-0.4, -0.2) is 42.6 Å². The zero-order valence-corrected chi connectivity index (χ0v) is 12.8. The van der Waals surface area contributed by atoms with Crippen molar-refractivity contribution in [3.8, 4) is 0 Å². The molecule has 1 aliphatic heterocycles. The minimum atomic E-state index is -0.349. The Balaban J connectivity index is 1.73. The van der Waals surface area contributed by atoms with E-state index in [1.165, 1.54) is 24.3 Å². The van der Waals surface area contributed by atoms with Gasteiger partial charge < -0.3 is 20.9 Å². The van der Waals surface area contributed by atoms with Crippen molar-refractivity contribution in [1.82, 2.24) is 15.5 Å². The summed E-state index contributed by atoms with van der Waals surface area (Å²) in [5.41, 5.74) is 0.533. The van der Waals surface area contributed by atoms with Crippen LogP contribution in [-0.2, 0) is 0 Å². The van der Waals surface area contributed by atoms with Crippen LogP contribution < -0.4 is 16.0 Å². The summed E-state index contributed by atoms with van der Waals surface area (Å²) < 4.78 is 12.8. The van der Waals surface area contributed by atoms with Gasteiger partial charge in [-0.15, -0.1) is 6.58 Å². The first kappa shape index (κ1) is 16.8. The monoisotopic (exact) mass is 320 g/mol. The smallest absolute Gasteiger partial charge is 0.319 e. The maximum atomic E-state index is 12.8. The summed E-state index contributed by atoms with van der Waals surface area (Å²) in [6.45, 7) is 5.17. The third-order valence-electron chi connectivity index (χ3n) is 3.62. The van der Waals surface area contributed by atoms with E-state index in [4.69, 9.17) is 0 Å². The standard InChI is InChI=1S/C16H21FN4O2/c1-2-9-18-16(23)21-10-7-14(8-11-21)20-15(22)19-13-5-3-12(17)4-6-13/h2-6,14H,1,7-11H2,(H,18,23)(H2,19,20,22). The molecule has 0 unspecified atom stereocenters. The molecule has 0 radical (unpaired) electrons. The Morgan fingerprint density at radius 1 is 1.26 bits per heavy atom. The average molecular weight is 320 g/mol. The molecule has 1 aliphatic rings. The second-order valence-corrected chi connectivity index (χ2v) is 5.34. The average Bonchev–Trinajstić information content (AvgIpc) is 2.55. The van der Waals surface area contributed by atoms with Crippen molar-refractivity contribution >= 4 is 17.7 Å². The first-order valence-electron chi connectivity index (χ1n) is 7.55. The highest BCUT2D eigenvalue weighted by atomic mass is 19.1. The van der Waals surface area contributed by atoms with E-state index >= 15 is 0 Å². The Labute approximate surface area is 134 Å². The van der Waals surface area contributed by atoms with Crippen molar-refractivity contribution in [1.29, 1.82) is 0 Å². The molecule has 1 fully saturated rings. The van der Waals surface area contributed by atoms with Crippen molar-refractivity contribution in [3.63, 3.8) is 0 Å². The SMILES string of the molecule is C=CCNC(=O)N1CCC(NC(=O)Nc2ccc(F)cc2)CC1. The van der Waals surface area contributed by atoms with Crippen molar-refractivity contribution in [2.45, 2.75) is 18.9 Å². The van der Waals surface area contributed by atoms with Gasteiger partial charge in [-0.1, -0.05) is 6.08 Å². The Morgan fingerprint density at radius 3 is 2.52 bits per heavy atom. The Hall–Kier alpha value is -2.57. The lowest BCUT2D eigenvalue weighted by Gasteiger charge is -2.32. The molecule has 1 saturated heterocycles. The summed E-state index contributed by atoms with van der Waals surface area (Å²) in [7, 11) is 0. The fraction of sp³-hybridized carbons (Fsp3) is 0.375. The number of anilines is 1. The van der Waals surface area contributed by atoms with Crippen LogP contribution in [0.4, 0.5) is 19.7 Å². The molecule has 124 valence electrons. The Morgan fingerprint density at radius 2 is 1.91 bits per heavy atom. The summed E-state index contributed by atoms with van der Waals surface area (Å²) in [4.78, 5) is 25.4. The molecule has 1 aromatic rings. The van der Waals surface area contributed by atoms with Gasteiger partial charge in [-0.3, -0.25) is 0 Å². The van der Waals surface area contributed by atoms with Gasteiger partial charge in [0.2, 0.25) is 0 Å². The highest BCUT2D eigenvalue weighted by Crippen LogP contribution is 2.12. The van der Waals surface area contributed by atoms with E-state index in [9.17, 15) is 14.0 Å². The molecule has 0 atom stereocenters. The normalized spacial score (nSPS) is 14.9. The number of carbonyl (C=O) groups is 2. The number of amides is 4. The van der Waals surface area contributed by atoms with Crippen molar-refractivity contribution in [3.05, 3.63) is 42.7 Å². The third-order valence-corrected chi connectivity index (χ3v) is 3.62. The van der Waals surface area contributed by atoms with E-state index in [-0.39, 0.29) is 23.9 Å². The van der Waals surface area contributed by atoms with Crippen molar-refractivity contribution in [2.75, 3.05) is 25.0 Å². The van der Waals surface area contributed by atoms with E-state index < -0.39 is 0 Å². The van der Waals surface area contributed by atoms with E-state index in [2.05, 4.69) is 22.5 Å². The zero-order valence-electron chi connectivity index (χ0n) is 12.8. The maximum absolute atomic E-state index is 12.8. The van der Waals surface area contributed by atoms with E-state index in [0.29, 0.717) is 38.2 Å². The van der Waals surface area contributed by atoms with E-state index in [0.717, 1.165) is 0 Å². The summed E-state index contributed by atoms with van der Waals surface area (Å²) in [6.07, 6.45) is 3.02. The van der Waals surface area contributed by atoms with Crippen LogP contribution in [0.15, 0.2) is 36.9 Å². The van der Waals surface area contributed by atoms with Gasteiger partial charge in [-0.2, -0.15) is 0 Å². The molecule has 0 aromatic heterocycles. The molecule has 2 rings (SSSR count). The molecule has 0 spiro atoms. The number of nitrogens with zero attached hydrogens (tertiary/aromatic N) is 1. The fourth-order valence-electron chi connectivity index (χ4n) is 2.38. The lowest BCUT2D eigenvalue weighted by molar-refractivity contribution is 0.178. The molecule has 3 N–H and O–H groups in total. The van der Waals surface area contributed by atoms with Crippen LogP contribution in [0.2, 0.25) is 0 Å². The first-order chi connectivity index (χ1) is 11.1. The summed E-state index contributed by atoms with van der Waals surface area (Å²) in [5.74, 6) is -0.349. The number of hydrogen-bond donors (Lipinski definition) is 3. The summed E-state index contributed by atoms with van der Waals surface area (Å²) >= 11 is 0. The van der Waals surface area contributed by atoms with Crippen molar-refractivity contribution < 1.29 is 14.0 Å². The van der Waals surface area contributed by atoms with Gasteiger partial charge in [-0.05, 0) is 37.1 Å². The molecule has 1 heterocycles. The van der Waals surface area contributed by atoms with Crippen LogP contribution in [0, 0.1) is 5.82 Å². The predicted octanol–water partition coefficient (Wildman–Crippen LogP) is 2.31. The molecule has 0 saturated carbocycles. The molecule has 1 aromatic carbocycles.